The van der Waals surface area contributed by atoms with Gasteiger partial charge in [-0.1, -0.05) is 48.0 Å². The van der Waals surface area contributed by atoms with E-state index in [0.717, 1.165) is 10.6 Å². The fraction of sp³-hybridized carbons (Fsp3) is 0.250. The summed E-state index contributed by atoms with van der Waals surface area (Å²) in [6.45, 7) is 5.52. The number of nitrogens with two attached hydrogens (primary N) is 1. The molecule has 0 aliphatic rings. The number of halogens is 1. The fourth-order valence-electron chi connectivity index (χ4n) is 3.42. The van der Waals surface area contributed by atoms with Gasteiger partial charge in [-0.05, 0) is 56.7 Å². The largest absolute Gasteiger partial charge is 0.419 e. The maximum Gasteiger partial charge on any atom is 0.251 e. The highest BCUT2D eigenvalue weighted by Gasteiger charge is 2.20. The highest BCUT2D eigenvalue weighted by Crippen LogP contribution is 2.28. The second kappa shape index (κ2) is 12.6. The van der Waals surface area contributed by atoms with E-state index in [1.807, 2.05) is 18.2 Å². The molecule has 1 amide bonds. The molecule has 39 heavy (non-hydrogen) atoms. The fourth-order valence-corrected chi connectivity index (χ4v) is 3.91. The Labute approximate surface area is 227 Å². The minimum absolute atomic E-state index is 0.0988. The van der Waals surface area contributed by atoms with Crippen LogP contribution in [0.1, 0.15) is 53.3 Å². The molecule has 0 radical (unpaired) electrons. The van der Waals surface area contributed by atoms with E-state index >= 15 is 0 Å². The van der Waals surface area contributed by atoms with Crippen molar-refractivity contribution in [2.75, 3.05) is 17.6 Å². The topological polar surface area (TPSA) is 131 Å². The van der Waals surface area contributed by atoms with Crippen LogP contribution < -0.4 is 15.4 Å². The quantitative estimate of drug-likeness (QED) is 0.337. The van der Waals surface area contributed by atoms with Crippen LogP contribution in [0.5, 0.6) is 0 Å². The molecule has 0 fully saturated rings. The molecule has 0 bridgehead atoms. The lowest BCUT2D eigenvalue weighted by molar-refractivity contribution is 0.0940. The molecule has 0 spiro atoms. The number of sulfonamides is 1. The average molecular weight is 554 g/mol. The number of anilines is 1. The van der Waals surface area contributed by atoms with Gasteiger partial charge in [-0.2, -0.15) is 0 Å². The molecule has 0 saturated heterocycles. The lowest BCUT2D eigenvalue weighted by Crippen LogP contribution is -2.28. The summed E-state index contributed by atoms with van der Waals surface area (Å²) >= 11 is 0. The maximum absolute atomic E-state index is 13.2. The van der Waals surface area contributed by atoms with Crippen LogP contribution in [0.15, 0.2) is 77.2 Å². The normalized spacial score (nSPS) is 12.6. The summed E-state index contributed by atoms with van der Waals surface area (Å²) in [7, 11) is -2.22. The Morgan fingerprint density at radius 1 is 1.03 bits per heavy atom. The van der Waals surface area contributed by atoms with Crippen molar-refractivity contribution < 1.29 is 22.0 Å². The standard InChI is InChI=1S/C21H24FN5O4S.C7H8/c1-12(23)20-25-26-21(31-20)16-9-15(10-18(11-16)27(3)32(4,29)30)19(28)24-13(2)14-5-7-17(22)8-6-14;1-7-5-3-2-4-6-7/h5-13H,23H2,1-4H3,(H,24,28);2-6H,1H3/t12-,13+;/m0./s1. The number of nitrogens with zero attached hydrogens (tertiary/aromatic N) is 3. The van der Waals surface area contributed by atoms with E-state index in [1.54, 1.807) is 26.0 Å². The van der Waals surface area contributed by atoms with Gasteiger partial charge in [0, 0.05) is 18.2 Å². The van der Waals surface area contributed by atoms with E-state index in [4.69, 9.17) is 10.2 Å². The Balaban J connectivity index is 0.000000520. The van der Waals surface area contributed by atoms with Gasteiger partial charge in [-0.3, -0.25) is 9.10 Å². The van der Waals surface area contributed by atoms with Gasteiger partial charge in [0.2, 0.25) is 21.8 Å². The van der Waals surface area contributed by atoms with Gasteiger partial charge >= 0.3 is 0 Å². The lowest BCUT2D eigenvalue weighted by Gasteiger charge is -2.19. The second-order valence-electron chi connectivity index (χ2n) is 9.13. The molecule has 4 rings (SSSR count). The summed E-state index contributed by atoms with van der Waals surface area (Å²) < 4.78 is 43.9. The molecule has 11 heteroatoms. The zero-order valence-corrected chi connectivity index (χ0v) is 23.2. The Kier molecular flexibility index (Phi) is 9.55. The third-order valence-electron chi connectivity index (χ3n) is 5.78. The molecular weight excluding hydrogens is 521 g/mol. The lowest BCUT2D eigenvalue weighted by atomic mass is 10.1. The average Bonchev–Trinajstić information content (AvgIpc) is 3.40. The highest BCUT2D eigenvalue weighted by atomic mass is 32.2. The summed E-state index contributed by atoms with van der Waals surface area (Å²) in [4.78, 5) is 13.0. The molecule has 1 heterocycles. The van der Waals surface area contributed by atoms with Crippen LogP contribution >= 0.6 is 0 Å². The van der Waals surface area contributed by atoms with E-state index in [9.17, 15) is 17.6 Å². The van der Waals surface area contributed by atoms with Crippen LogP contribution in [-0.2, 0) is 10.0 Å². The van der Waals surface area contributed by atoms with Gasteiger partial charge in [0.25, 0.3) is 5.91 Å². The predicted molar refractivity (Wildman–Crippen MR) is 149 cm³/mol. The molecule has 9 nitrogen and oxygen atoms in total. The molecule has 0 unspecified atom stereocenters. The Bertz CT molecular complexity index is 1510. The van der Waals surface area contributed by atoms with Crippen LogP contribution in [0.2, 0.25) is 0 Å². The first-order valence-corrected chi connectivity index (χ1v) is 14.0. The number of aryl methyl sites for hydroxylation is 1. The van der Waals surface area contributed by atoms with E-state index in [-0.39, 0.29) is 28.8 Å². The van der Waals surface area contributed by atoms with E-state index in [0.29, 0.717) is 11.1 Å². The molecule has 0 saturated carbocycles. The number of hydrogen-bond acceptors (Lipinski definition) is 7. The molecule has 206 valence electrons. The minimum Gasteiger partial charge on any atom is -0.419 e. The van der Waals surface area contributed by atoms with Crippen molar-refractivity contribution in [2.45, 2.75) is 32.9 Å². The summed E-state index contributed by atoms with van der Waals surface area (Å²) in [5.41, 5.74) is 8.58. The number of rotatable bonds is 7. The SMILES string of the molecule is C[C@H](N)c1nnc(-c2cc(C(=O)N[C@H](C)c3ccc(F)cc3)cc(N(C)S(C)(=O)=O)c2)o1.Cc1ccccc1. The molecule has 1 aromatic heterocycles. The first-order valence-electron chi connectivity index (χ1n) is 12.1. The van der Waals surface area contributed by atoms with Crippen molar-refractivity contribution in [3.05, 3.63) is 101 Å². The van der Waals surface area contributed by atoms with Crippen LogP contribution in [-0.4, -0.2) is 37.8 Å². The number of benzene rings is 3. The van der Waals surface area contributed by atoms with Crippen LogP contribution in [0.25, 0.3) is 11.5 Å². The smallest absolute Gasteiger partial charge is 0.251 e. The second-order valence-corrected chi connectivity index (χ2v) is 11.1. The molecule has 0 aliphatic carbocycles. The van der Waals surface area contributed by atoms with Gasteiger partial charge in [0.1, 0.15) is 5.82 Å². The van der Waals surface area contributed by atoms with Crippen LogP contribution in [0.3, 0.4) is 0 Å². The van der Waals surface area contributed by atoms with Crippen molar-refractivity contribution in [1.29, 1.82) is 0 Å². The van der Waals surface area contributed by atoms with Crippen molar-refractivity contribution in [3.63, 3.8) is 0 Å². The maximum atomic E-state index is 13.2. The molecule has 2 atom stereocenters. The number of carbonyl (C=O) groups excluding carboxylic acids is 1. The Morgan fingerprint density at radius 3 is 2.18 bits per heavy atom. The number of aromatic nitrogens is 2. The number of amides is 1. The van der Waals surface area contributed by atoms with Crippen molar-refractivity contribution >= 4 is 21.6 Å². The molecule has 0 aliphatic heterocycles. The van der Waals surface area contributed by atoms with Gasteiger partial charge in [0.05, 0.1) is 24.0 Å². The monoisotopic (exact) mass is 553 g/mol. The predicted octanol–water partition coefficient (Wildman–Crippen LogP) is 4.78. The van der Waals surface area contributed by atoms with Crippen molar-refractivity contribution in [1.82, 2.24) is 15.5 Å². The van der Waals surface area contributed by atoms with Gasteiger partial charge < -0.3 is 15.5 Å². The Morgan fingerprint density at radius 2 is 1.67 bits per heavy atom. The van der Waals surface area contributed by atoms with E-state index in [1.165, 1.54) is 42.9 Å². The van der Waals surface area contributed by atoms with Crippen LogP contribution in [0, 0.1) is 12.7 Å². The zero-order valence-electron chi connectivity index (χ0n) is 22.4. The first kappa shape index (κ1) is 29.5. The number of nitrogens with one attached hydrogen (secondary N) is 1. The van der Waals surface area contributed by atoms with Gasteiger partial charge in [-0.15, -0.1) is 10.2 Å². The molecule has 3 aromatic carbocycles. The minimum atomic E-state index is -3.60. The third-order valence-corrected chi connectivity index (χ3v) is 6.98. The number of carbonyl (C=O) groups is 1. The summed E-state index contributed by atoms with van der Waals surface area (Å²) in [6, 6.07) is 19.6. The Hall–Kier alpha value is -4.09. The van der Waals surface area contributed by atoms with Gasteiger partial charge in [-0.25, -0.2) is 12.8 Å². The van der Waals surface area contributed by atoms with E-state index in [2.05, 4.69) is 34.6 Å². The molecule has 3 N–H and O–H groups in total. The highest BCUT2D eigenvalue weighted by molar-refractivity contribution is 7.92. The van der Waals surface area contributed by atoms with E-state index < -0.39 is 28.0 Å². The van der Waals surface area contributed by atoms with Gasteiger partial charge in [0.15, 0.2) is 0 Å². The summed E-state index contributed by atoms with van der Waals surface area (Å²) in [5.74, 6) is -0.530. The third kappa shape index (κ3) is 8.20. The number of hydrogen-bond donors (Lipinski definition) is 2. The zero-order chi connectivity index (χ0) is 28.7. The summed E-state index contributed by atoms with van der Waals surface area (Å²) in [5, 5.41) is 10.7. The van der Waals surface area contributed by atoms with Crippen molar-refractivity contribution in [3.8, 4) is 11.5 Å². The van der Waals surface area contributed by atoms with Crippen molar-refractivity contribution in [2.24, 2.45) is 5.73 Å². The molecular formula is C28H32FN5O4S. The van der Waals surface area contributed by atoms with Crippen LogP contribution in [0.4, 0.5) is 10.1 Å². The molecule has 4 aromatic rings. The first-order chi connectivity index (χ1) is 18.3. The summed E-state index contributed by atoms with van der Waals surface area (Å²) in [6.07, 6.45) is 1.05.